The highest BCUT2D eigenvalue weighted by Crippen LogP contribution is 2.42. The summed E-state index contributed by atoms with van der Waals surface area (Å²) in [6.07, 6.45) is 14.8. The van der Waals surface area contributed by atoms with Crippen molar-refractivity contribution in [1.82, 2.24) is 0 Å². The Kier molecular flexibility index (Phi) is 11.5. The average molecular weight is 597 g/mol. The minimum absolute atomic E-state index is 0.129. The largest absolute Gasteiger partial charge is 0.489 e. The number of rotatable bonds is 14. The van der Waals surface area contributed by atoms with E-state index in [4.69, 9.17) is 14.2 Å². The first-order valence-electron chi connectivity index (χ1n) is 16.6. The molecule has 0 saturated heterocycles. The van der Waals surface area contributed by atoms with Crippen LogP contribution in [0.3, 0.4) is 0 Å². The van der Waals surface area contributed by atoms with E-state index in [2.05, 4.69) is 48.5 Å². The van der Waals surface area contributed by atoms with Crippen LogP contribution in [0.4, 0.5) is 0 Å². The van der Waals surface area contributed by atoms with Crippen LogP contribution in [-0.4, -0.2) is 26.2 Å². The van der Waals surface area contributed by atoms with Gasteiger partial charge in [0.15, 0.2) is 0 Å². The first-order chi connectivity index (χ1) is 21.6. The fraction of sp³-hybridized carbons (Fsp3) is 0.487. The standard InChI is InChI=1S/C39H48O5/c1-42-38(40)18-5-3-4-12-30(35-16-10-15-33-26-34(39(41)43-2)23-24-36(33)35)21-22-31-13-8-9-17-37(31)44-27-28-19-20-29-11-6-7-14-32(29)25-28/h8-9,13,17,19-20,23-26,30,35H,3-7,10-12,14-16,18,21-22,27H2,1-2H3. The molecular formula is C39H48O5. The van der Waals surface area contributed by atoms with Gasteiger partial charge in [-0.25, -0.2) is 4.79 Å². The molecule has 5 heteroatoms. The number of methoxy groups -OCH3 is 2. The maximum absolute atomic E-state index is 12.2. The minimum atomic E-state index is -0.274. The molecule has 0 spiro atoms. The SMILES string of the molecule is COC(=O)CCCCCC(CCc1ccccc1OCc1ccc2c(c1)CCCC2)C1CCCc2cc(C(=O)OC)ccc21. The molecule has 0 fully saturated rings. The highest BCUT2D eigenvalue weighted by molar-refractivity contribution is 5.89. The van der Waals surface area contributed by atoms with Crippen LogP contribution in [-0.2, 0) is 46.6 Å². The van der Waals surface area contributed by atoms with Gasteiger partial charge in [-0.05, 0) is 134 Å². The van der Waals surface area contributed by atoms with Crippen molar-refractivity contribution in [2.24, 2.45) is 5.92 Å². The number of hydrogen-bond donors (Lipinski definition) is 0. The van der Waals surface area contributed by atoms with Crippen molar-refractivity contribution in [3.05, 3.63) is 99.6 Å². The third-order valence-electron chi connectivity index (χ3n) is 9.74. The number of benzene rings is 3. The quantitative estimate of drug-likeness (QED) is 0.138. The fourth-order valence-corrected chi connectivity index (χ4v) is 7.32. The van der Waals surface area contributed by atoms with Gasteiger partial charge in [0, 0.05) is 6.42 Å². The Balaban J connectivity index is 1.28. The molecule has 234 valence electrons. The number of para-hydroxylation sites is 1. The van der Waals surface area contributed by atoms with E-state index in [1.165, 1.54) is 73.3 Å². The number of ether oxygens (including phenoxy) is 3. The Morgan fingerprint density at radius 3 is 2.45 bits per heavy atom. The van der Waals surface area contributed by atoms with E-state index in [1.54, 1.807) is 0 Å². The van der Waals surface area contributed by atoms with Crippen molar-refractivity contribution in [3.63, 3.8) is 0 Å². The smallest absolute Gasteiger partial charge is 0.337 e. The van der Waals surface area contributed by atoms with Gasteiger partial charge in [0.1, 0.15) is 12.4 Å². The first kappa shape index (κ1) is 31.8. The number of esters is 2. The lowest BCUT2D eigenvalue weighted by Crippen LogP contribution is -2.20. The molecular weight excluding hydrogens is 548 g/mol. The molecule has 2 unspecified atom stereocenters. The number of carbonyl (C=O) groups excluding carboxylic acids is 2. The second-order valence-electron chi connectivity index (χ2n) is 12.6. The number of hydrogen-bond acceptors (Lipinski definition) is 5. The second kappa shape index (κ2) is 15.9. The minimum Gasteiger partial charge on any atom is -0.489 e. The molecule has 0 aromatic heterocycles. The topological polar surface area (TPSA) is 61.8 Å². The summed E-state index contributed by atoms with van der Waals surface area (Å²) in [5.74, 6) is 1.54. The van der Waals surface area contributed by atoms with Gasteiger partial charge in [-0.15, -0.1) is 0 Å². The van der Waals surface area contributed by atoms with Crippen molar-refractivity contribution in [3.8, 4) is 5.75 Å². The molecule has 0 bridgehead atoms. The molecule has 2 atom stereocenters. The molecule has 3 aromatic carbocycles. The normalized spacial score (nSPS) is 16.4. The summed E-state index contributed by atoms with van der Waals surface area (Å²) in [7, 11) is 2.90. The third kappa shape index (κ3) is 8.31. The van der Waals surface area contributed by atoms with E-state index in [-0.39, 0.29) is 11.9 Å². The number of fused-ring (bicyclic) bond motifs is 2. The zero-order valence-electron chi connectivity index (χ0n) is 26.6. The van der Waals surface area contributed by atoms with E-state index in [0.29, 0.717) is 30.4 Å². The zero-order chi connectivity index (χ0) is 30.7. The summed E-state index contributed by atoms with van der Waals surface area (Å²) in [5, 5.41) is 0. The Bertz CT molecular complexity index is 1410. The second-order valence-corrected chi connectivity index (χ2v) is 12.6. The Morgan fingerprint density at radius 1 is 0.795 bits per heavy atom. The summed E-state index contributed by atoms with van der Waals surface area (Å²) >= 11 is 0. The van der Waals surface area contributed by atoms with Crippen LogP contribution in [0.1, 0.15) is 114 Å². The predicted molar refractivity (Wildman–Crippen MR) is 174 cm³/mol. The van der Waals surface area contributed by atoms with E-state index in [0.717, 1.165) is 63.5 Å². The third-order valence-corrected chi connectivity index (χ3v) is 9.74. The molecule has 0 heterocycles. The van der Waals surface area contributed by atoms with Crippen LogP contribution in [0, 0.1) is 5.92 Å². The first-order valence-corrected chi connectivity index (χ1v) is 16.6. The number of unbranched alkanes of at least 4 members (excludes halogenated alkanes) is 2. The van der Waals surface area contributed by atoms with Crippen LogP contribution < -0.4 is 4.74 Å². The van der Waals surface area contributed by atoms with Crippen LogP contribution in [0.15, 0.2) is 60.7 Å². The summed E-state index contributed by atoms with van der Waals surface area (Å²) in [6.45, 7) is 0.590. The fourth-order valence-electron chi connectivity index (χ4n) is 7.32. The van der Waals surface area contributed by atoms with E-state index in [9.17, 15) is 9.59 Å². The summed E-state index contributed by atoms with van der Waals surface area (Å²) in [5.41, 5.74) is 8.81. The Labute approximate surface area is 263 Å². The lowest BCUT2D eigenvalue weighted by Gasteiger charge is -2.33. The summed E-state index contributed by atoms with van der Waals surface area (Å²) in [6, 6.07) is 21.5. The average Bonchev–Trinajstić information content (AvgIpc) is 3.07. The van der Waals surface area contributed by atoms with Crippen molar-refractivity contribution in [2.75, 3.05) is 14.2 Å². The van der Waals surface area contributed by atoms with E-state index >= 15 is 0 Å². The van der Waals surface area contributed by atoms with Crippen LogP contribution >= 0.6 is 0 Å². The highest BCUT2D eigenvalue weighted by atomic mass is 16.5. The Morgan fingerprint density at radius 2 is 1.61 bits per heavy atom. The van der Waals surface area contributed by atoms with Gasteiger partial charge in [0.05, 0.1) is 19.8 Å². The number of carbonyl (C=O) groups is 2. The zero-order valence-corrected chi connectivity index (χ0v) is 26.6. The van der Waals surface area contributed by atoms with Crippen molar-refractivity contribution >= 4 is 11.9 Å². The maximum Gasteiger partial charge on any atom is 0.337 e. The van der Waals surface area contributed by atoms with Gasteiger partial charge < -0.3 is 14.2 Å². The van der Waals surface area contributed by atoms with Gasteiger partial charge in [-0.1, -0.05) is 55.3 Å². The lowest BCUT2D eigenvalue weighted by atomic mass is 9.72. The molecule has 2 aliphatic rings. The Hall–Kier alpha value is -3.60. The summed E-state index contributed by atoms with van der Waals surface area (Å²) in [4.78, 5) is 23.8. The van der Waals surface area contributed by atoms with Gasteiger partial charge in [-0.3, -0.25) is 4.79 Å². The van der Waals surface area contributed by atoms with Crippen molar-refractivity contribution < 1.29 is 23.8 Å². The molecule has 2 aliphatic carbocycles. The van der Waals surface area contributed by atoms with Crippen LogP contribution in [0.5, 0.6) is 5.75 Å². The van der Waals surface area contributed by atoms with Crippen LogP contribution in [0.25, 0.3) is 0 Å². The maximum atomic E-state index is 12.2. The van der Waals surface area contributed by atoms with E-state index in [1.807, 2.05) is 12.1 Å². The lowest BCUT2D eigenvalue weighted by molar-refractivity contribution is -0.140. The number of aryl methyl sites for hydroxylation is 4. The molecule has 0 saturated carbocycles. The molecule has 44 heavy (non-hydrogen) atoms. The van der Waals surface area contributed by atoms with Crippen molar-refractivity contribution in [1.29, 1.82) is 0 Å². The van der Waals surface area contributed by atoms with Crippen LogP contribution in [0.2, 0.25) is 0 Å². The van der Waals surface area contributed by atoms with Gasteiger partial charge in [-0.2, -0.15) is 0 Å². The molecule has 0 aliphatic heterocycles. The molecule has 5 rings (SSSR count). The molecule has 3 aromatic rings. The van der Waals surface area contributed by atoms with Crippen molar-refractivity contribution in [2.45, 2.75) is 102 Å². The highest BCUT2D eigenvalue weighted by Gasteiger charge is 2.28. The molecule has 5 nitrogen and oxygen atoms in total. The van der Waals surface area contributed by atoms with Gasteiger partial charge in [0.25, 0.3) is 0 Å². The molecule has 0 amide bonds. The van der Waals surface area contributed by atoms with Gasteiger partial charge >= 0.3 is 11.9 Å². The monoisotopic (exact) mass is 596 g/mol. The van der Waals surface area contributed by atoms with E-state index < -0.39 is 0 Å². The molecule has 0 N–H and O–H groups in total. The summed E-state index contributed by atoms with van der Waals surface area (Å²) < 4.78 is 16.3. The molecule has 0 radical (unpaired) electrons. The van der Waals surface area contributed by atoms with Gasteiger partial charge in [0.2, 0.25) is 0 Å². The predicted octanol–water partition coefficient (Wildman–Crippen LogP) is 8.72.